The molecule has 3 aliphatic heterocycles. The third kappa shape index (κ3) is 30.4. The number of sulfonamides is 1. The SMILES string of the molecule is CC1/C=C/C=C/CC/C=C/C=C/C=C/C=C/C(O[C@@H]2O[C@H](C)[C@@H](O)[C@H](N)[C@@H]2O)CC2OC(O)(CC(O)C(O)CCC(O)CC(O)CC(O)CC(=O)OC(C)C(C)C1O)CC(O)C2C(=O)O.Cc1ccc(S(=O)(=O)Nc2nc(C)cc(C)n2)cc1.O=C(N[C@H](CO)[C@H](O)c1ccc([N+](=O)[O-])cc1)C(Cl)Cl. The van der Waals surface area contributed by atoms with E-state index in [1.807, 2.05) is 56.4 Å². The Morgan fingerprint density at radius 1 is 0.750 bits per heavy atom. The molecule has 1 aromatic heterocycles. The van der Waals surface area contributed by atoms with Gasteiger partial charge >= 0.3 is 11.9 Å². The Morgan fingerprint density at radius 2 is 1.32 bits per heavy atom. The molecule has 14 unspecified atom stereocenters. The van der Waals surface area contributed by atoms with Gasteiger partial charge in [-0.1, -0.05) is 128 Å². The van der Waals surface area contributed by atoms with Crippen molar-refractivity contribution in [2.75, 3.05) is 11.3 Å². The number of ether oxygens (including phenoxy) is 4. The molecule has 6 rings (SSSR count). The summed E-state index contributed by atoms with van der Waals surface area (Å²) in [5.41, 5.74) is 8.62. The number of nitro benzene ring substituents is 1. The van der Waals surface area contributed by atoms with Gasteiger partial charge in [0.1, 0.15) is 24.2 Å². The number of allylic oxidation sites excluding steroid dienone is 10. The van der Waals surface area contributed by atoms with Gasteiger partial charge in [0.05, 0.1) is 102 Å². The number of carboxylic acid groups (broad SMARTS) is 1. The van der Waals surface area contributed by atoms with Gasteiger partial charge in [0.2, 0.25) is 5.95 Å². The number of alkyl halides is 2. The Labute approximate surface area is 615 Å². The minimum Gasteiger partial charge on any atom is -0.481 e. The maximum atomic E-state index is 12.6. The second-order valence-corrected chi connectivity index (χ2v) is 28.9. The van der Waals surface area contributed by atoms with Crippen LogP contribution in [0.25, 0.3) is 0 Å². The summed E-state index contributed by atoms with van der Waals surface area (Å²) in [5, 5.41) is 150. The highest BCUT2D eigenvalue weighted by atomic mass is 35.5. The number of aromatic nitrogens is 2. The van der Waals surface area contributed by atoms with Gasteiger partial charge in [0.15, 0.2) is 16.9 Å². The van der Waals surface area contributed by atoms with Crippen molar-refractivity contribution in [2.45, 2.75) is 232 Å². The number of aryl methyl sites for hydroxylation is 3. The molecule has 104 heavy (non-hydrogen) atoms. The molecule has 30 nitrogen and oxygen atoms in total. The molecule has 0 radical (unpaired) electrons. The number of fused-ring (bicyclic) bond motifs is 2. The van der Waals surface area contributed by atoms with Crippen molar-refractivity contribution in [3.05, 3.63) is 160 Å². The summed E-state index contributed by atoms with van der Waals surface area (Å²) in [4.78, 5) is 53.3. The van der Waals surface area contributed by atoms with Gasteiger partial charge in [0, 0.05) is 54.6 Å². The number of aliphatic hydroxyl groups excluding tert-OH is 11. The van der Waals surface area contributed by atoms with E-state index in [1.165, 1.54) is 37.3 Å². The second-order valence-electron chi connectivity index (χ2n) is 26.1. The van der Waals surface area contributed by atoms with Crippen LogP contribution in [0.4, 0.5) is 11.6 Å². The molecule has 2 aromatic carbocycles. The van der Waals surface area contributed by atoms with Crippen LogP contribution >= 0.6 is 23.2 Å². The van der Waals surface area contributed by atoms with Crippen LogP contribution < -0.4 is 15.8 Å². The molecule has 580 valence electrons. The van der Waals surface area contributed by atoms with Gasteiger partial charge in [-0.3, -0.25) is 24.5 Å². The number of hydrogen-bond donors (Lipinski definition) is 16. The maximum absolute atomic E-state index is 12.6. The van der Waals surface area contributed by atoms with E-state index in [4.69, 9.17) is 53.0 Å². The van der Waals surface area contributed by atoms with E-state index in [2.05, 4.69) is 20.0 Å². The van der Waals surface area contributed by atoms with Gasteiger partial charge in [0.25, 0.3) is 21.6 Å². The Kier molecular flexibility index (Phi) is 38.0. The number of hydrogen-bond acceptors (Lipinski definition) is 26. The number of amides is 1. The quantitative estimate of drug-likeness (QED) is 0.0526. The molecule has 0 spiro atoms. The van der Waals surface area contributed by atoms with Gasteiger partial charge < -0.3 is 96.4 Å². The lowest BCUT2D eigenvalue weighted by Gasteiger charge is -2.45. The van der Waals surface area contributed by atoms with E-state index in [-0.39, 0.29) is 54.6 Å². The Bertz CT molecular complexity index is 3440. The van der Waals surface area contributed by atoms with E-state index in [1.54, 1.807) is 82.3 Å². The molecule has 2 fully saturated rings. The number of carbonyl (C=O) groups excluding carboxylic acids is 2. The number of cyclic esters (lactones) is 1. The molecule has 1 amide bonds. The molecule has 2 saturated heterocycles. The van der Waals surface area contributed by atoms with Crippen molar-refractivity contribution < 1.29 is 113 Å². The number of carboxylic acids is 1. The van der Waals surface area contributed by atoms with Crippen LogP contribution in [0.2, 0.25) is 0 Å². The fourth-order valence-electron chi connectivity index (χ4n) is 11.3. The van der Waals surface area contributed by atoms with Crippen LogP contribution in [0.5, 0.6) is 0 Å². The number of nitrogens with zero attached hydrogens (tertiary/aromatic N) is 3. The van der Waals surface area contributed by atoms with Crippen molar-refractivity contribution in [2.24, 2.45) is 23.5 Å². The number of benzene rings is 2. The molecule has 21 atom stereocenters. The van der Waals surface area contributed by atoms with E-state index >= 15 is 0 Å². The Morgan fingerprint density at radius 3 is 1.90 bits per heavy atom. The highest BCUT2D eigenvalue weighted by Crippen LogP contribution is 2.38. The number of aliphatic carboxylic acids is 1. The van der Waals surface area contributed by atoms with Gasteiger partial charge in [-0.15, -0.1) is 0 Å². The normalized spacial score (nSPS) is 33.0. The summed E-state index contributed by atoms with van der Waals surface area (Å²) in [7, 11) is -3.64. The van der Waals surface area contributed by atoms with Gasteiger partial charge in [-0.05, 0) is 109 Å². The summed E-state index contributed by atoms with van der Waals surface area (Å²) in [6, 6.07) is 11.3. The van der Waals surface area contributed by atoms with E-state index in [0.717, 1.165) is 18.4 Å². The minimum atomic E-state index is -3.64. The molecule has 4 heterocycles. The van der Waals surface area contributed by atoms with Gasteiger partial charge in [-0.25, -0.2) is 23.1 Å². The Hall–Kier alpha value is -6.54. The Balaban J connectivity index is 0.000000469. The highest BCUT2D eigenvalue weighted by Gasteiger charge is 2.51. The predicted octanol–water partition coefficient (Wildman–Crippen LogP) is 4.05. The highest BCUT2D eigenvalue weighted by molar-refractivity contribution is 7.92. The van der Waals surface area contributed by atoms with Crippen LogP contribution in [0.3, 0.4) is 0 Å². The lowest BCUT2D eigenvalue weighted by atomic mass is 9.82. The van der Waals surface area contributed by atoms with E-state index < -0.39 is 185 Å². The summed E-state index contributed by atoms with van der Waals surface area (Å²) in [6.07, 6.45) is 1.03. The monoisotopic (exact) mass is 1520 g/mol. The average Bonchev–Trinajstić information content (AvgIpc) is 0.784. The number of nitrogens with one attached hydrogen (secondary N) is 2. The molecule has 3 aromatic rings. The van der Waals surface area contributed by atoms with Crippen LogP contribution in [-0.4, -0.2) is 222 Å². The van der Waals surface area contributed by atoms with Crippen molar-refractivity contribution in [1.29, 1.82) is 0 Å². The van der Waals surface area contributed by atoms with Crippen LogP contribution in [0.15, 0.2) is 132 Å². The number of nitrogens with two attached hydrogens (primary N) is 1. The molecular formula is C71H102Cl2N6O24S. The molecule has 0 saturated carbocycles. The summed E-state index contributed by atoms with van der Waals surface area (Å²) >= 11 is 10.7. The predicted molar refractivity (Wildman–Crippen MR) is 383 cm³/mol. The third-order valence-corrected chi connectivity index (χ3v) is 19.1. The zero-order chi connectivity index (χ0) is 77.8. The zero-order valence-electron chi connectivity index (χ0n) is 58.9. The number of halogens is 2. The number of carbonyl (C=O) groups is 3. The van der Waals surface area contributed by atoms with Crippen LogP contribution in [0, 0.1) is 48.6 Å². The number of rotatable bonds is 12. The fourth-order valence-corrected chi connectivity index (χ4v) is 12.3. The molecule has 0 aliphatic carbocycles. The van der Waals surface area contributed by atoms with Crippen molar-refractivity contribution in [3.8, 4) is 0 Å². The van der Waals surface area contributed by atoms with E-state index in [0.29, 0.717) is 17.0 Å². The molecular weight excluding hydrogens is 1420 g/mol. The first kappa shape index (κ1) is 89.9. The van der Waals surface area contributed by atoms with Crippen LogP contribution in [-0.2, 0) is 43.4 Å². The number of esters is 1. The first-order valence-electron chi connectivity index (χ1n) is 33.9. The molecule has 33 heteroatoms. The third-order valence-electron chi connectivity index (χ3n) is 17.3. The summed E-state index contributed by atoms with van der Waals surface area (Å²) < 4.78 is 49.8. The number of nitro groups is 1. The first-order valence-corrected chi connectivity index (χ1v) is 36.3. The van der Waals surface area contributed by atoms with E-state index in [9.17, 15) is 94.2 Å². The lowest BCUT2D eigenvalue weighted by molar-refractivity contribution is -0.384. The fraction of sp³-hybridized carbons (Fsp3) is 0.563. The first-order chi connectivity index (χ1) is 48.8. The van der Waals surface area contributed by atoms with Gasteiger partial charge in [-0.2, -0.15) is 0 Å². The lowest BCUT2D eigenvalue weighted by Crippen LogP contribution is -2.61. The molecule has 3 aliphatic rings. The maximum Gasteiger partial charge on any atom is 0.311 e. The number of anilines is 1. The smallest absolute Gasteiger partial charge is 0.311 e. The summed E-state index contributed by atoms with van der Waals surface area (Å²) in [6.45, 7) is 11.7. The second kappa shape index (κ2) is 43.9. The van der Waals surface area contributed by atoms with Crippen molar-refractivity contribution in [3.63, 3.8) is 0 Å². The number of non-ortho nitro benzene ring substituents is 1. The average molecular weight is 1530 g/mol. The van der Waals surface area contributed by atoms with Crippen molar-refractivity contribution >= 4 is 62.7 Å². The van der Waals surface area contributed by atoms with Crippen molar-refractivity contribution in [1.82, 2.24) is 15.3 Å². The molecule has 2 bridgehead atoms. The minimum absolute atomic E-state index is 0.0954. The van der Waals surface area contributed by atoms with Crippen LogP contribution in [0.1, 0.15) is 121 Å². The molecule has 17 N–H and O–H groups in total. The largest absolute Gasteiger partial charge is 0.481 e. The summed E-state index contributed by atoms with van der Waals surface area (Å²) in [5.74, 6) is -7.48. The standard InChI is InChI=1S/C47H75NO17.C13H15N3O2S.C11H12Cl2N2O5/c1-27-17-15-13-11-9-7-5-6-8-10-12-14-16-18-34(64-46-44(58)41(48)43(57)30(4)63-46)24-38-40(45(59)60)37(54)26-47(61,65-38)25-36(53)35(52)20-19-31(49)21-32(50)22-33(51)23-39(55)62-29(3)28(2)42(27)56;1-9-4-6-12(7-5-9)19(17,18)16-13-14-10(2)8-11(3)15-13;12-10(13)11(18)14-8(5-16)9(17)6-1-3-7(4-2-6)15(19)20/h5-6,8,10-18,27-38,40-44,46,49-54,56-58,61H,7,9,19-26,48H2,1-4H3,(H,59,60);4-8H,1-3H3,(H,14,15,16);1-4,8-10,16-17H,5H2,(H,14,18)/b6-5+,10-8+,13-11+,14-12+,17-15+,18-16+;;/t27?,28?,29?,30-,31?,32?,33?,34?,35?,36?,37?,38?,40?,41+,42?,43-,44+,46+,47?;;8-,9-/m1.1/s1. The zero-order valence-corrected chi connectivity index (χ0v) is 61.2. The topological polar surface area (TPSA) is 504 Å². The number of aliphatic hydroxyl groups is 12.